The predicted molar refractivity (Wildman–Crippen MR) is 77.8 cm³/mol. The molecule has 1 aromatic carbocycles. The van der Waals surface area contributed by atoms with Gasteiger partial charge < -0.3 is 0 Å². The molecule has 0 radical (unpaired) electrons. The first-order chi connectivity index (χ1) is 9.20. The normalized spacial score (nSPS) is 11.8. The molecule has 0 bridgehead atoms. The van der Waals surface area contributed by atoms with Crippen molar-refractivity contribution >= 4 is 21.4 Å². The molecule has 108 valence electrons. The molecule has 0 aliphatic rings. The molecule has 0 atom stereocenters. The zero-order chi connectivity index (χ0) is 15.1. The Hall–Kier alpha value is -1.53. The fourth-order valence-corrected chi connectivity index (χ4v) is 3.96. The molecule has 0 aliphatic heterocycles. The molecule has 0 amide bonds. The van der Waals surface area contributed by atoms with Crippen LogP contribution in [0.3, 0.4) is 0 Å². The summed E-state index contributed by atoms with van der Waals surface area (Å²) in [4.78, 5) is 11.5. The van der Waals surface area contributed by atoms with Crippen molar-refractivity contribution < 1.29 is 8.42 Å². The molecule has 1 aromatic heterocycles. The molecule has 0 unspecified atom stereocenters. The van der Waals surface area contributed by atoms with Gasteiger partial charge in [-0.05, 0) is 37.1 Å². The summed E-state index contributed by atoms with van der Waals surface area (Å²) in [7, 11) is -1.93. The summed E-state index contributed by atoms with van der Waals surface area (Å²) in [5.74, 6) is -0.232. The Morgan fingerprint density at radius 2 is 1.85 bits per heavy atom. The minimum atomic E-state index is -3.53. The number of aromatic amines is 1. The Morgan fingerprint density at radius 3 is 2.40 bits per heavy atom. The molecule has 0 saturated heterocycles. The number of hydrogen-bond acceptors (Lipinski definition) is 3. The molecule has 0 spiro atoms. The van der Waals surface area contributed by atoms with Crippen molar-refractivity contribution in [3.8, 4) is 0 Å². The fourth-order valence-electron chi connectivity index (χ4n) is 2.02. The molecule has 0 fully saturated rings. The molecule has 5 nitrogen and oxygen atoms in total. The lowest BCUT2D eigenvalue weighted by atomic mass is 10.2. The van der Waals surface area contributed by atoms with E-state index in [2.05, 4.69) is 5.10 Å². The van der Waals surface area contributed by atoms with Gasteiger partial charge in [-0.2, -0.15) is 0 Å². The van der Waals surface area contributed by atoms with Crippen LogP contribution in [0.4, 0.5) is 0 Å². The van der Waals surface area contributed by atoms with Crippen molar-refractivity contribution in [2.24, 2.45) is 7.05 Å². The van der Waals surface area contributed by atoms with E-state index in [1.54, 1.807) is 33.0 Å². The second-order valence-corrected chi connectivity index (χ2v) is 7.16. The molecule has 0 saturated carbocycles. The summed E-state index contributed by atoms with van der Waals surface area (Å²) in [6, 6.07) is 4.49. The van der Waals surface area contributed by atoms with Gasteiger partial charge in [-0.25, -0.2) is 8.42 Å². The highest BCUT2D eigenvalue weighted by molar-refractivity contribution is 7.90. The number of aromatic nitrogens is 2. The first-order valence-corrected chi connectivity index (χ1v) is 7.98. The van der Waals surface area contributed by atoms with Gasteiger partial charge in [0.25, 0.3) is 5.56 Å². The first kappa shape index (κ1) is 14.9. The zero-order valence-corrected chi connectivity index (χ0v) is 13.0. The Balaban J connectivity index is 2.48. The molecular weight excluding hydrogens is 300 g/mol. The number of hydrogen-bond donors (Lipinski definition) is 1. The monoisotopic (exact) mass is 314 g/mol. The van der Waals surface area contributed by atoms with Crippen molar-refractivity contribution in [1.82, 2.24) is 9.78 Å². The SMILES string of the molecule is Cc1cc(S(=O)(=O)Cc2cc(=O)[nH]n2C)c(C)cc1Cl. The maximum absolute atomic E-state index is 12.5. The van der Waals surface area contributed by atoms with Crippen molar-refractivity contribution in [1.29, 1.82) is 0 Å². The average Bonchev–Trinajstić information content (AvgIpc) is 2.61. The van der Waals surface area contributed by atoms with Crippen LogP contribution in [0.25, 0.3) is 0 Å². The van der Waals surface area contributed by atoms with Crippen LogP contribution in [0, 0.1) is 13.8 Å². The van der Waals surface area contributed by atoms with Crippen LogP contribution in [0.15, 0.2) is 27.9 Å². The Kier molecular flexibility index (Phi) is 3.80. The van der Waals surface area contributed by atoms with Crippen molar-refractivity contribution in [3.05, 3.63) is 50.4 Å². The second kappa shape index (κ2) is 5.10. The summed E-state index contributed by atoms with van der Waals surface area (Å²) in [5.41, 5.74) is 1.41. The summed E-state index contributed by atoms with van der Waals surface area (Å²) in [6.07, 6.45) is 0. The standard InChI is InChI=1S/C13H15ClN2O3S/c1-8-5-12(9(2)4-11(8)14)20(18,19)7-10-6-13(17)15-16(10)3/h4-6H,7H2,1-3H3,(H,15,17). The highest BCUT2D eigenvalue weighted by Gasteiger charge is 2.21. The number of nitrogens with zero attached hydrogens (tertiary/aromatic N) is 1. The molecule has 0 aliphatic carbocycles. The van der Waals surface area contributed by atoms with Gasteiger partial charge in [0.15, 0.2) is 9.84 Å². The van der Waals surface area contributed by atoms with Gasteiger partial charge in [0.2, 0.25) is 0 Å². The van der Waals surface area contributed by atoms with Gasteiger partial charge in [-0.3, -0.25) is 14.6 Å². The van der Waals surface area contributed by atoms with Crippen LogP contribution in [0.5, 0.6) is 0 Å². The molecule has 1 N–H and O–H groups in total. The summed E-state index contributed by atoms with van der Waals surface area (Å²) >= 11 is 5.98. The molecule has 7 heteroatoms. The van der Waals surface area contributed by atoms with Gasteiger partial charge in [-0.1, -0.05) is 11.6 Å². The van der Waals surface area contributed by atoms with Gasteiger partial charge in [-0.15, -0.1) is 0 Å². The lowest BCUT2D eigenvalue weighted by Gasteiger charge is -2.10. The van der Waals surface area contributed by atoms with Gasteiger partial charge in [0, 0.05) is 18.1 Å². The number of rotatable bonds is 3. The maximum Gasteiger partial charge on any atom is 0.264 e. The fraction of sp³-hybridized carbons (Fsp3) is 0.308. The predicted octanol–water partition coefficient (Wildman–Crippen LogP) is 1.96. The largest absolute Gasteiger partial charge is 0.291 e. The molecule has 20 heavy (non-hydrogen) atoms. The second-order valence-electron chi connectivity index (χ2n) is 4.80. The van der Waals surface area contributed by atoms with Crippen molar-refractivity contribution in [3.63, 3.8) is 0 Å². The third-order valence-corrected chi connectivity index (χ3v) is 5.33. The van der Waals surface area contributed by atoms with Crippen LogP contribution in [-0.2, 0) is 22.6 Å². The number of halogens is 1. The summed E-state index contributed by atoms with van der Waals surface area (Å²) in [5, 5.41) is 3.03. The van der Waals surface area contributed by atoms with Gasteiger partial charge in [0.1, 0.15) is 0 Å². The number of aryl methyl sites for hydroxylation is 3. The van der Waals surface area contributed by atoms with E-state index in [1.807, 2.05) is 0 Å². The summed E-state index contributed by atoms with van der Waals surface area (Å²) < 4.78 is 26.4. The zero-order valence-electron chi connectivity index (χ0n) is 11.4. The lowest BCUT2D eigenvalue weighted by molar-refractivity contribution is 0.591. The minimum Gasteiger partial charge on any atom is -0.291 e. The van der Waals surface area contributed by atoms with Crippen LogP contribution in [0.2, 0.25) is 5.02 Å². The van der Waals surface area contributed by atoms with E-state index in [0.29, 0.717) is 21.8 Å². The Bertz CT molecular complexity index is 819. The average molecular weight is 315 g/mol. The maximum atomic E-state index is 12.5. The highest BCUT2D eigenvalue weighted by atomic mass is 35.5. The third kappa shape index (κ3) is 2.81. The van der Waals surface area contributed by atoms with E-state index >= 15 is 0 Å². The molecule has 2 aromatic rings. The third-order valence-electron chi connectivity index (χ3n) is 3.14. The quantitative estimate of drug-likeness (QED) is 0.941. The number of nitrogens with one attached hydrogen (secondary N) is 1. The van der Waals surface area contributed by atoms with E-state index in [4.69, 9.17) is 11.6 Å². The van der Waals surface area contributed by atoms with Crippen LogP contribution < -0.4 is 5.56 Å². The van der Waals surface area contributed by atoms with Crippen molar-refractivity contribution in [2.75, 3.05) is 0 Å². The number of sulfone groups is 1. The van der Waals surface area contributed by atoms with E-state index in [9.17, 15) is 13.2 Å². The molecule has 2 rings (SSSR count). The smallest absolute Gasteiger partial charge is 0.264 e. The number of benzene rings is 1. The van der Waals surface area contributed by atoms with Crippen LogP contribution in [0.1, 0.15) is 16.8 Å². The highest BCUT2D eigenvalue weighted by Crippen LogP contribution is 2.26. The van der Waals surface area contributed by atoms with Crippen molar-refractivity contribution in [2.45, 2.75) is 24.5 Å². The van der Waals surface area contributed by atoms with Gasteiger partial charge >= 0.3 is 0 Å². The Morgan fingerprint density at radius 1 is 1.20 bits per heavy atom. The van der Waals surface area contributed by atoms with E-state index in [1.165, 1.54) is 10.7 Å². The lowest BCUT2D eigenvalue weighted by Crippen LogP contribution is -2.10. The number of H-pyrrole nitrogens is 1. The summed E-state index contributed by atoms with van der Waals surface area (Å²) in [6.45, 7) is 3.46. The van der Waals surface area contributed by atoms with E-state index < -0.39 is 9.84 Å². The topological polar surface area (TPSA) is 71.9 Å². The minimum absolute atomic E-state index is 0.232. The first-order valence-electron chi connectivity index (χ1n) is 5.95. The van der Waals surface area contributed by atoms with Gasteiger partial charge in [0.05, 0.1) is 16.3 Å². The van der Waals surface area contributed by atoms with E-state index in [0.717, 1.165) is 0 Å². The Labute approximate surface area is 122 Å². The van der Waals surface area contributed by atoms with Crippen LogP contribution >= 0.6 is 11.6 Å². The molecular formula is C13H15ClN2O3S. The van der Waals surface area contributed by atoms with E-state index in [-0.39, 0.29) is 16.2 Å². The molecule has 1 heterocycles. The van der Waals surface area contributed by atoms with Crippen LogP contribution in [-0.4, -0.2) is 18.2 Å².